The molecule has 0 bridgehead atoms. The number of benzene rings is 1. The van der Waals surface area contributed by atoms with E-state index < -0.39 is 5.92 Å². The fraction of sp³-hybridized carbons (Fsp3) is 0.389. The molecule has 7 heteroatoms. The van der Waals surface area contributed by atoms with E-state index in [1.165, 1.54) is 0 Å². The van der Waals surface area contributed by atoms with Crippen molar-refractivity contribution in [2.45, 2.75) is 32.6 Å². The lowest BCUT2D eigenvalue weighted by molar-refractivity contribution is -0.146. The van der Waals surface area contributed by atoms with E-state index >= 15 is 0 Å². The van der Waals surface area contributed by atoms with Crippen LogP contribution in [-0.2, 0) is 9.53 Å². The second-order valence-corrected chi connectivity index (χ2v) is 7.52. The predicted molar refractivity (Wildman–Crippen MR) is 104 cm³/mol. The monoisotopic (exact) mass is 467 g/mol. The maximum atomic E-state index is 12.8. The SMILES string of the molecule is CCCC1=Nc2[nH]ncc2C(c2cccc(Br)c2Br)C1C(=O)OCC. The van der Waals surface area contributed by atoms with Gasteiger partial charge in [-0.05, 0) is 56.8 Å². The zero-order valence-electron chi connectivity index (χ0n) is 14.1. The van der Waals surface area contributed by atoms with E-state index in [0.29, 0.717) is 6.61 Å². The van der Waals surface area contributed by atoms with Crippen molar-refractivity contribution in [2.24, 2.45) is 10.9 Å². The highest BCUT2D eigenvalue weighted by molar-refractivity contribution is 9.13. The fourth-order valence-electron chi connectivity index (χ4n) is 3.27. The molecule has 0 amide bonds. The van der Waals surface area contributed by atoms with Crippen molar-refractivity contribution in [1.82, 2.24) is 10.2 Å². The number of hydrogen-bond donors (Lipinski definition) is 1. The normalized spacial score (nSPS) is 19.3. The highest BCUT2D eigenvalue weighted by Crippen LogP contribution is 2.46. The molecule has 2 heterocycles. The third-order valence-electron chi connectivity index (χ3n) is 4.29. The van der Waals surface area contributed by atoms with E-state index in [9.17, 15) is 4.79 Å². The molecule has 0 fully saturated rings. The molecule has 1 aromatic carbocycles. The maximum Gasteiger partial charge on any atom is 0.315 e. The smallest absolute Gasteiger partial charge is 0.315 e. The molecule has 0 aliphatic carbocycles. The van der Waals surface area contributed by atoms with Gasteiger partial charge in [-0.3, -0.25) is 9.89 Å². The summed E-state index contributed by atoms with van der Waals surface area (Å²) in [4.78, 5) is 17.5. The molecule has 2 atom stereocenters. The molecule has 0 saturated heterocycles. The van der Waals surface area contributed by atoms with Crippen molar-refractivity contribution >= 4 is 49.4 Å². The van der Waals surface area contributed by atoms with Gasteiger partial charge in [0, 0.05) is 26.1 Å². The first-order valence-electron chi connectivity index (χ1n) is 8.29. The van der Waals surface area contributed by atoms with Crippen LogP contribution in [-0.4, -0.2) is 28.5 Å². The highest BCUT2D eigenvalue weighted by Gasteiger charge is 2.41. The Labute approximate surface area is 163 Å². The number of hydrogen-bond acceptors (Lipinski definition) is 4. The van der Waals surface area contributed by atoms with Crippen LogP contribution in [0.3, 0.4) is 0 Å². The van der Waals surface area contributed by atoms with Crippen LogP contribution in [0.5, 0.6) is 0 Å². The van der Waals surface area contributed by atoms with Crippen molar-refractivity contribution in [3.05, 3.63) is 44.5 Å². The summed E-state index contributed by atoms with van der Waals surface area (Å²) >= 11 is 7.22. The first-order chi connectivity index (χ1) is 12.1. The summed E-state index contributed by atoms with van der Waals surface area (Å²) in [5, 5.41) is 7.11. The topological polar surface area (TPSA) is 67.3 Å². The number of ether oxygens (including phenoxy) is 1. The van der Waals surface area contributed by atoms with Gasteiger partial charge in [0.15, 0.2) is 5.82 Å². The first-order valence-corrected chi connectivity index (χ1v) is 9.88. The summed E-state index contributed by atoms with van der Waals surface area (Å²) in [5.41, 5.74) is 2.77. The van der Waals surface area contributed by atoms with E-state index in [1.807, 2.05) is 25.1 Å². The van der Waals surface area contributed by atoms with E-state index in [-0.39, 0.29) is 11.9 Å². The average Bonchev–Trinajstić information content (AvgIpc) is 3.05. The fourth-order valence-corrected chi connectivity index (χ4v) is 4.16. The summed E-state index contributed by atoms with van der Waals surface area (Å²) < 4.78 is 7.27. The van der Waals surface area contributed by atoms with Crippen LogP contribution in [0.15, 0.2) is 38.3 Å². The van der Waals surface area contributed by atoms with E-state index in [4.69, 9.17) is 4.74 Å². The number of carbonyl (C=O) groups is 1. The molecule has 0 spiro atoms. The summed E-state index contributed by atoms with van der Waals surface area (Å²) in [6, 6.07) is 5.96. The quantitative estimate of drug-likeness (QED) is 0.618. The van der Waals surface area contributed by atoms with Crippen molar-refractivity contribution in [1.29, 1.82) is 0 Å². The number of aromatic nitrogens is 2. The molecular formula is C18H19Br2N3O2. The van der Waals surface area contributed by atoms with Crippen molar-refractivity contribution in [2.75, 3.05) is 6.61 Å². The first kappa shape index (κ1) is 18.3. The molecule has 132 valence electrons. The van der Waals surface area contributed by atoms with Gasteiger partial charge < -0.3 is 4.74 Å². The summed E-state index contributed by atoms with van der Waals surface area (Å²) in [6.45, 7) is 4.25. The third-order valence-corrected chi connectivity index (χ3v) is 6.37. The second kappa shape index (κ2) is 7.83. The lowest BCUT2D eigenvalue weighted by Crippen LogP contribution is -2.34. The van der Waals surface area contributed by atoms with Crippen LogP contribution in [0.1, 0.15) is 43.7 Å². The van der Waals surface area contributed by atoms with Gasteiger partial charge in [0.1, 0.15) is 5.92 Å². The third kappa shape index (κ3) is 3.44. The largest absolute Gasteiger partial charge is 0.465 e. The molecule has 2 unspecified atom stereocenters. The lowest BCUT2D eigenvalue weighted by atomic mass is 9.76. The van der Waals surface area contributed by atoms with Crippen LogP contribution in [0.2, 0.25) is 0 Å². The lowest BCUT2D eigenvalue weighted by Gasteiger charge is -2.31. The van der Waals surface area contributed by atoms with Crippen LogP contribution >= 0.6 is 31.9 Å². The van der Waals surface area contributed by atoms with E-state index in [1.54, 1.807) is 6.20 Å². The van der Waals surface area contributed by atoms with Gasteiger partial charge in [0.25, 0.3) is 0 Å². The number of nitrogens with zero attached hydrogens (tertiary/aromatic N) is 2. The van der Waals surface area contributed by atoms with Gasteiger partial charge in [-0.1, -0.05) is 25.5 Å². The van der Waals surface area contributed by atoms with Gasteiger partial charge in [-0.25, -0.2) is 4.99 Å². The standard InChI is InChI=1S/C18H19Br2N3O2/c1-3-6-13-15(18(24)25-4-2)14(11-9-21-23-17(11)22-13)10-7-5-8-12(19)16(10)20/h5,7-9,14-15H,3-4,6H2,1-2H3,(H,21,23). The Morgan fingerprint density at radius 1 is 1.28 bits per heavy atom. The van der Waals surface area contributed by atoms with Gasteiger partial charge in [0.2, 0.25) is 0 Å². The molecule has 2 aromatic rings. The number of H-pyrrole nitrogens is 1. The minimum Gasteiger partial charge on any atom is -0.465 e. The number of carbonyl (C=O) groups excluding carboxylic acids is 1. The van der Waals surface area contributed by atoms with E-state index in [2.05, 4.69) is 54.0 Å². The molecule has 1 aliphatic rings. The van der Waals surface area contributed by atoms with Crippen LogP contribution in [0.4, 0.5) is 5.82 Å². The van der Waals surface area contributed by atoms with Gasteiger partial charge in [-0.15, -0.1) is 0 Å². The molecule has 1 aliphatic heterocycles. The van der Waals surface area contributed by atoms with E-state index in [0.717, 1.165) is 44.4 Å². The minimum atomic E-state index is -0.449. The number of rotatable bonds is 5. The van der Waals surface area contributed by atoms with Crippen molar-refractivity contribution in [3.8, 4) is 0 Å². The van der Waals surface area contributed by atoms with Crippen LogP contribution in [0.25, 0.3) is 0 Å². The molecule has 3 rings (SSSR count). The molecule has 1 N–H and O–H groups in total. The highest BCUT2D eigenvalue weighted by atomic mass is 79.9. The van der Waals surface area contributed by atoms with Gasteiger partial charge >= 0.3 is 5.97 Å². The summed E-state index contributed by atoms with van der Waals surface area (Å²) in [7, 11) is 0. The van der Waals surface area contributed by atoms with Gasteiger partial charge in [-0.2, -0.15) is 5.10 Å². The zero-order chi connectivity index (χ0) is 18.0. The Morgan fingerprint density at radius 3 is 2.80 bits per heavy atom. The minimum absolute atomic E-state index is 0.196. The number of aromatic amines is 1. The molecule has 0 radical (unpaired) electrons. The Hall–Kier alpha value is -1.47. The molecule has 5 nitrogen and oxygen atoms in total. The van der Waals surface area contributed by atoms with Crippen LogP contribution in [0, 0.1) is 5.92 Å². The maximum absolute atomic E-state index is 12.8. The Morgan fingerprint density at radius 2 is 2.08 bits per heavy atom. The molecule has 1 aromatic heterocycles. The van der Waals surface area contributed by atoms with Crippen molar-refractivity contribution in [3.63, 3.8) is 0 Å². The number of esters is 1. The predicted octanol–water partition coefficient (Wildman–Crippen LogP) is 5.13. The van der Waals surface area contributed by atoms with Gasteiger partial charge in [0.05, 0.1) is 12.8 Å². The Balaban J connectivity index is 2.19. The number of halogens is 2. The zero-order valence-corrected chi connectivity index (χ0v) is 17.2. The number of aliphatic imine (C=N–C) groups is 1. The average molecular weight is 469 g/mol. The number of nitrogens with one attached hydrogen (secondary N) is 1. The summed E-state index contributed by atoms with van der Waals surface area (Å²) in [5.74, 6) is -0.159. The van der Waals surface area contributed by atoms with Crippen molar-refractivity contribution < 1.29 is 9.53 Å². The molecule has 0 saturated carbocycles. The second-order valence-electron chi connectivity index (χ2n) is 5.88. The molecule has 25 heavy (non-hydrogen) atoms. The number of fused-ring (bicyclic) bond motifs is 1. The molecular weight excluding hydrogens is 450 g/mol. The Kier molecular flexibility index (Phi) is 5.74. The van der Waals surface area contributed by atoms with Crippen LogP contribution < -0.4 is 0 Å². The summed E-state index contributed by atoms with van der Waals surface area (Å²) in [6.07, 6.45) is 3.40. The Bertz CT molecular complexity index is 816.